The molecule has 0 amide bonds. The van der Waals surface area contributed by atoms with Crippen LogP contribution in [-0.2, 0) is 6.54 Å². The summed E-state index contributed by atoms with van der Waals surface area (Å²) >= 11 is 1.71. The topological polar surface area (TPSA) is 55.2 Å². The van der Waals surface area contributed by atoms with Crippen molar-refractivity contribution >= 4 is 17.4 Å². The quantitative estimate of drug-likeness (QED) is 0.619. The molecule has 0 aromatic heterocycles. The Hall–Kier alpha value is -1.21. The van der Waals surface area contributed by atoms with Gasteiger partial charge in [-0.05, 0) is 25.4 Å². The number of nitrogens with one attached hydrogen (secondary N) is 1. The highest BCUT2D eigenvalue weighted by atomic mass is 32.2. The monoisotopic (exact) mass is 290 g/mol. The fourth-order valence-electron chi connectivity index (χ4n) is 1.54. The number of hydrogen-bond acceptors (Lipinski definition) is 4. The molecule has 7 heteroatoms. The molecule has 0 saturated heterocycles. The molecule has 0 spiro atoms. The van der Waals surface area contributed by atoms with Crippen LogP contribution in [0.25, 0.3) is 0 Å². The van der Waals surface area contributed by atoms with Crippen LogP contribution in [0.15, 0.2) is 12.1 Å². The lowest BCUT2D eigenvalue weighted by Crippen LogP contribution is -2.26. The summed E-state index contributed by atoms with van der Waals surface area (Å²) in [5.74, 6) is -0.949. The summed E-state index contributed by atoms with van der Waals surface area (Å²) in [4.78, 5) is 9.73. The summed E-state index contributed by atoms with van der Waals surface area (Å²) in [5, 5.41) is 13.6. The number of nitrogens with zero attached hydrogens (tertiary/aromatic N) is 1. The van der Waals surface area contributed by atoms with Gasteiger partial charge in [0.15, 0.2) is 0 Å². The maximum atomic E-state index is 13.5. The average Bonchev–Trinajstić information content (AvgIpc) is 2.34. The van der Waals surface area contributed by atoms with Crippen LogP contribution in [0.2, 0.25) is 0 Å². The third kappa shape index (κ3) is 4.76. The van der Waals surface area contributed by atoms with Gasteiger partial charge >= 0.3 is 5.69 Å². The lowest BCUT2D eigenvalue weighted by molar-refractivity contribution is -0.387. The first kappa shape index (κ1) is 15.8. The van der Waals surface area contributed by atoms with Crippen LogP contribution in [0.1, 0.15) is 18.9 Å². The van der Waals surface area contributed by atoms with E-state index in [0.717, 1.165) is 18.2 Å². The number of benzene rings is 1. The SMILES string of the molecule is CSCCC(C)NCc1cc([N+](=O)[O-])c(F)cc1F. The highest BCUT2D eigenvalue weighted by molar-refractivity contribution is 7.98. The molecule has 0 aliphatic heterocycles. The van der Waals surface area contributed by atoms with Gasteiger partial charge < -0.3 is 5.32 Å². The van der Waals surface area contributed by atoms with E-state index >= 15 is 0 Å². The summed E-state index contributed by atoms with van der Waals surface area (Å²) in [7, 11) is 0. The number of thioether (sulfide) groups is 1. The van der Waals surface area contributed by atoms with Gasteiger partial charge in [0.05, 0.1) is 4.92 Å². The van der Waals surface area contributed by atoms with Gasteiger partial charge in [-0.1, -0.05) is 0 Å². The first-order valence-electron chi connectivity index (χ1n) is 5.80. The molecule has 4 nitrogen and oxygen atoms in total. The van der Waals surface area contributed by atoms with Gasteiger partial charge in [0, 0.05) is 30.3 Å². The minimum Gasteiger partial charge on any atom is -0.310 e. The van der Waals surface area contributed by atoms with Crippen molar-refractivity contribution in [3.05, 3.63) is 39.4 Å². The zero-order valence-corrected chi connectivity index (χ0v) is 11.6. The Morgan fingerprint density at radius 3 is 2.68 bits per heavy atom. The number of nitro groups is 1. The lowest BCUT2D eigenvalue weighted by atomic mass is 10.1. The Bertz CT molecular complexity index is 458. The smallest absolute Gasteiger partial charge is 0.305 e. The second kappa shape index (κ2) is 7.40. The van der Waals surface area contributed by atoms with Crippen molar-refractivity contribution in [2.75, 3.05) is 12.0 Å². The molecule has 0 fully saturated rings. The summed E-state index contributed by atoms with van der Waals surface area (Å²) in [6.07, 6.45) is 2.90. The molecule has 19 heavy (non-hydrogen) atoms. The van der Waals surface area contributed by atoms with Crippen molar-refractivity contribution in [3.63, 3.8) is 0 Å². The number of nitro benzene ring substituents is 1. The molecule has 1 unspecified atom stereocenters. The molecule has 0 bridgehead atoms. The van der Waals surface area contributed by atoms with Crippen molar-refractivity contribution in [1.82, 2.24) is 5.32 Å². The van der Waals surface area contributed by atoms with Crippen molar-refractivity contribution in [1.29, 1.82) is 0 Å². The van der Waals surface area contributed by atoms with Crippen LogP contribution in [0, 0.1) is 21.7 Å². The molecule has 1 atom stereocenters. The summed E-state index contributed by atoms with van der Waals surface area (Å²) < 4.78 is 26.6. The minimum absolute atomic E-state index is 0.101. The maximum absolute atomic E-state index is 13.5. The zero-order chi connectivity index (χ0) is 14.4. The Morgan fingerprint density at radius 2 is 2.11 bits per heavy atom. The molecule has 0 aliphatic rings. The van der Waals surface area contributed by atoms with E-state index in [-0.39, 0.29) is 18.2 Å². The summed E-state index contributed by atoms with van der Waals surface area (Å²) in [5.41, 5.74) is -0.598. The van der Waals surface area contributed by atoms with Crippen LogP contribution in [0.3, 0.4) is 0 Å². The second-order valence-electron chi connectivity index (χ2n) is 4.22. The fraction of sp³-hybridized carbons (Fsp3) is 0.500. The molecular formula is C12H16F2N2O2S. The zero-order valence-electron chi connectivity index (χ0n) is 10.8. The molecular weight excluding hydrogens is 274 g/mol. The van der Waals surface area contributed by atoms with E-state index < -0.39 is 22.2 Å². The predicted molar refractivity (Wildman–Crippen MR) is 72.3 cm³/mol. The standard InChI is InChI=1S/C12H16F2N2O2S/c1-8(3-4-19-2)15-7-9-5-12(16(17)18)11(14)6-10(9)13/h5-6,8,15H,3-4,7H2,1-2H3. The molecule has 0 aliphatic carbocycles. The first-order chi connectivity index (χ1) is 8.95. The third-order valence-electron chi connectivity index (χ3n) is 2.71. The van der Waals surface area contributed by atoms with E-state index in [2.05, 4.69) is 5.32 Å². The van der Waals surface area contributed by atoms with Crippen molar-refractivity contribution < 1.29 is 13.7 Å². The normalized spacial score (nSPS) is 12.4. The van der Waals surface area contributed by atoms with Crippen molar-refractivity contribution in [2.45, 2.75) is 25.9 Å². The van der Waals surface area contributed by atoms with Crippen LogP contribution in [-0.4, -0.2) is 23.0 Å². The highest BCUT2D eigenvalue weighted by Gasteiger charge is 2.18. The largest absolute Gasteiger partial charge is 0.310 e. The maximum Gasteiger partial charge on any atom is 0.305 e. The molecule has 0 saturated carbocycles. The van der Waals surface area contributed by atoms with E-state index in [4.69, 9.17) is 0 Å². The predicted octanol–water partition coefficient (Wildman–Crippen LogP) is 3.10. The van der Waals surface area contributed by atoms with E-state index in [1.54, 1.807) is 11.8 Å². The molecule has 1 aromatic rings. The Morgan fingerprint density at radius 1 is 1.42 bits per heavy atom. The number of halogens is 2. The fourth-order valence-corrected chi connectivity index (χ4v) is 2.13. The molecule has 1 N–H and O–H groups in total. The van der Waals surface area contributed by atoms with E-state index in [9.17, 15) is 18.9 Å². The van der Waals surface area contributed by atoms with Gasteiger partial charge in [-0.15, -0.1) is 0 Å². The van der Waals surface area contributed by atoms with Gasteiger partial charge in [-0.3, -0.25) is 10.1 Å². The van der Waals surface area contributed by atoms with Gasteiger partial charge in [0.1, 0.15) is 5.82 Å². The third-order valence-corrected chi connectivity index (χ3v) is 3.35. The van der Waals surface area contributed by atoms with Gasteiger partial charge in [0.2, 0.25) is 5.82 Å². The van der Waals surface area contributed by atoms with Crippen LogP contribution < -0.4 is 5.32 Å². The molecule has 0 radical (unpaired) electrons. The highest BCUT2D eigenvalue weighted by Crippen LogP contribution is 2.21. The van der Waals surface area contributed by atoms with Crippen molar-refractivity contribution in [3.8, 4) is 0 Å². The Balaban J connectivity index is 2.73. The van der Waals surface area contributed by atoms with Crippen LogP contribution in [0.5, 0.6) is 0 Å². The average molecular weight is 290 g/mol. The minimum atomic E-state index is -1.15. The Kier molecular flexibility index (Phi) is 6.17. The molecule has 106 valence electrons. The second-order valence-corrected chi connectivity index (χ2v) is 5.20. The molecule has 1 aromatic carbocycles. The lowest BCUT2D eigenvalue weighted by Gasteiger charge is -2.13. The van der Waals surface area contributed by atoms with Crippen LogP contribution in [0.4, 0.5) is 14.5 Å². The number of rotatable bonds is 7. The van der Waals surface area contributed by atoms with E-state index in [1.165, 1.54) is 0 Å². The molecule has 1 rings (SSSR count). The Labute approximate surface area is 114 Å². The van der Waals surface area contributed by atoms with Gasteiger partial charge in [-0.25, -0.2) is 4.39 Å². The van der Waals surface area contributed by atoms with Gasteiger partial charge in [-0.2, -0.15) is 16.2 Å². The number of hydrogen-bond donors (Lipinski definition) is 1. The van der Waals surface area contributed by atoms with E-state index in [0.29, 0.717) is 6.07 Å². The summed E-state index contributed by atoms with van der Waals surface area (Å²) in [6.45, 7) is 2.09. The van der Waals surface area contributed by atoms with Crippen LogP contribution >= 0.6 is 11.8 Å². The summed E-state index contributed by atoms with van der Waals surface area (Å²) in [6, 6.07) is 1.66. The van der Waals surface area contributed by atoms with Gasteiger partial charge in [0.25, 0.3) is 0 Å². The van der Waals surface area contributed by atoms with E-state index in [1.807, 2.05) is 13.2 Å². The first-order valence-corrected chi connectivity index (χ1v) is 7.19. The van der Waals surface area contributed by atoms with Crippen molar-refractivity contribution in [2.24, 2.45) is 0 Å². The molecule has 0 heterocycles.